The second kappa shape index (κ2) is 6.88. The number of likely N-dealkylation sites (tertiary alicyclic amines) is 1. The molecule has 1 amide bonds. The highest BCUT2D eigenvalue weighted by Crippen LogP contribution is 2.19. The number of benzene rings is 1. The number of aliphatic carboxylic acids is 1. The Morgan fingerprint density at radius 1 is 1.20 bits per heavy atom. The van der Waals surface area contributed by atoms with E-state index in [-0.39, 0.29) is 12.3 Å². The molecule has 5 heteroatoms. The van der Waals surface area contributed by atoms with Crippen LogP contribution in [0.15, 0.2) is 28.7 Å². The molecule has 1 aliphatic heterocycles. The topological polar surface area (TPSA) is 57.6 Å². The zero-order chi connectivity index (χ0) is 14.5. The molecule has 1 aromatic rings. The summed E-state index contributed by atoms with van der Waals surface area (Å²) in [6, 6.07) is 6.88. The number of amides is 1. The predicted octanol–water partition coefficient (Wildman–Crippen LogP) is 2.85. The Morgan fingerprint density at radius 2 is 1.90 bits per heavy atom. The van der Waals surface area contributed by atoms with Crippen molar-refractivity contribution in [2.75, 3.05) is 6.54 Å². The van der Waals surface area contributed by atoms with Crippen LogP contribution in [-0.2, 0) is 16.0 Å². The summed E-state index contributed by atoms with van der Waals surface area (Å²) < 4.78 is 0.965. The van der Waals surface area contributed by atoms with Gasteiger partial charge in [0.15, 0.2) is 0 Å². The molecule has 0 spiro atoms. The smallest absolute Gasteiger partial charge is 0.326 e. The van der Waals surface area contributed by atoms with Crippen LogP contribution in [0.4, 0.5) is 0 Å². The summed E-state index contributed by atoms with van der Waals surface area (Å²) in [7, 11) is 0. The molecule has 1 N–H and O–H groups in total. The van der Waals surface area contributed by atoms with E-state index < -0.39 is 12.0 Å². The summed E-state index contributed by atoms with van der Waals surface area (Å²) in [5.74, 6) is -0.988. The molecular formula is C15H18BrNO3. The first-order chi connectivity index (χ1) is 9.58. The van der Waals surface area contributed by atoms with Crippen LogP contribution in [0.2, 0.25) is 0 Å². The number of hydrogen-bond donors (Lipinski definition) is 1. The summed E-state index contributed by atoms with van der Waals surface area (Å²) in [4.78, 5) is 25.2. The Bertz CT molecular complexity index is 486. The Kier molecular flexibility index (Phi) is 5.17. The van der Waals surface area contributed by atoms with Gasteiger partial charge in [0.2, 0.25) is 5.91 Å². The quantitative estimate of drug-likeness (QED) is 0.921. The average molecular weight is 340 g/mol. The summed E-state index contributed by atoms with van der Waals surface area (Å²) in [5.41, 5.74) is 0.909. The van der Waals surface area contributed by atoms with E-state index >= 15 is 0 Å². The molecule has 108 valence electrons. The average Bonchev–Trinajstić information content (AvgIpc) is 2.67. The molecule has 0 bridgehead atoms. The third-order valence-electron chi connectivity index (χ3n) is 3.63. The summed E-state index contributed by atoms with van der Waals surface area (Å²) in [6.45, 7) is 0.548. The van der Waals surface area contributed by atoms with E-state index in [1.54, 1.807) is 0 Å². The van der Waals surface area contributed by atoms with E-state index in [1.807, 2.05) is 24.3 Å². The van der Waals surface area contributed by atoms with Crippen LogP contribution in [-0.4, -0.2) is 34.5 Å². The number of carboxylic acids is 1. The van der Waals surface area contributed by atoms with E-state index in [2.05, 4.69) is 15.9 Å². The van der Waals surface area contributed by atoms with Crippen molar-refractivity contribution in [2.24, 2.45) is 0 Å². The molecule has 1 aliphatic rings. The Balaban J connectivity index is 2.08. The molecule has 1 saturated heterocycles. The first-order valence-corrected chi connectivity index (χ1v) is 7.64. The lowest BCUT2D eigenvalue weighted by molar-refractivity contribution is -0.150. The van der Waals surface area contributed by atoms with E-state index in [9.17, 15) is 14.7 Å². The van der Waals surface area contributed by atoms with Gasteiger partial charge in [-0.05, 0) is 30.5 Å². The maximum absolute atomic E-state index is 12.4. The van der Waals surface area contributed by atoms with Crippen LogP contribution < -0.4 is 0 Å². The van der Waals surface area contributed by atoms with E-state index in [0.29, 0.717) is 13.0 Å². The standard InChI is InChI=1S/C15H18BrNO3/c16-12-7-5-11(6-8-12)10-14(18)17-9-3-1-2-4-13(17)15(19)20/h5-8,13H,1-4,9-10H2,(H,19,20). The number of hydrogen-bond acceptors (Lipinski definition) is 2. The first-order valence-electron chi connectivity index (χ1n) is 6.84. The number of halogens is 1. The summed E-state index contributed by atoms with van der Waals surface area (Å²) in [6.07, 6.45) is 3.57. The number of carboxylic acid groups (broad SMARTS) is 1. The van der Waals surface area contributed by atoms with Crippen LogP contribution in [0.25, 0.3) is 0 Å². The molecule has 1 heterocycles. The number of rotatable bonds is 3. The van der Waals surface area contributed by atoms with Gasteiger partial charge in [-0.3, -0.25) is 4.79 Å². The lowest BCUT2D eigenvalue weighted by Crippen LogP contribution is -2.45. The van der Waals surface area contributed by atoms with Gasteiger partial charge in [-0.25, -0.2) is 4.79 Å². The van der Waals surface area contributed by atoms with Gasteiger partial charge < -0.3 is 10.0 Å². The fraction of sp³-hybridized carbons (Fsp3) is 0.467. The Hall–Kier alpha value is -1.36. The van der Waals surface area contributed by atoms with Gasteiger partial charge >= 0.3 is 5.97 Å². The number of carbonyl (C=O) groups excluding carboxylic acids is 1. The van der Waals surface area contributed by atoms with Crippen molar-refractivity contribution >= 4 is 27.8 Å². The normalized spacial score (nSPS) is 19.4. The van der Waals surface area contributed by atoms with Crippen LogP contribution in [0.1, 0.15) is 31.2 Å². The molecule has 0 saturated carbocycles. The maximum atomic E-state index is 12.4. The van der Waals surface area contributed by atoms with Crippen molar-refractivity contribution in [3.8, 4) is 0 Å². The van der Waals surface area contributed by atoms with Crippen LogP contribution >= 0.6 is 15.9 Å². The number of carbonyl (C=O) groups is 2. The van der Waals surface area contributed by atoms with Crippen molar-refractivity contribution < 1.29 is 14.7 Å². The highest BCUT2D eigenvalue weighted by molar-refractivity contribution is 9.10. The molecule has 4 nitrogen and oxygen atoms in total. The van der Waals surface area contributed by atoms with Gasteiger partial charge in [0.1, 0.15) is 6.04 Å². The third-order valence-corrected chi connectivity index (χ3v) is 4.16. The molecule has 0 radical (unpaired) electrons. The third kappa shape index (κ3) is 3.82. The lowest BCUT2D eigenvalue weighted by atomic mass is 10.1. The molecular weight excluding hydrogens is 322 g/mol. The van der Waals surface area contributed by atoms with Crippen LogP contribution in [0.5, 0.6) is 0 Å². The van der Waals surface area contributed by atoms with Gasteiger partial charge in [-0.1, -0.05) is 40.9 Å². The largest absolute Gasteiger partial charge is 0.480 e. The molecule has 1 fully saturated rings. The van der Waals surface area contributed by atoms with Gasteiger partial charge in [0.25, 0.3) is 0 Å². The monoisotopic (exact) mass is 339 g/mol. The fourth-order valence-electron chi connectivity index (χ4n) is 2.54. The second-order valence-corrected chi connectivity index (χ2v) is 6.01. The molecule has 20 heavy (non-hydrogen) atoms. The molecule has 1 atom stereocenters. The van der Waals surface area contributed by atoms with E-state index in [4.69, 9.17) is 0 Å². The second-order valence-electron chi connectivity index (χ2n) is 5.09. The Morgan fingerprint density at radius 3 is 2.55 bits per heavy atom. The SMILES string of the molecule is O=C(O)C1CCCCCN1C(=O)Cc1ccc(Br)cc1. The maximum Gasteiger partial charge on any atom is 0.326 e. The van der Waals surface area contributed by atoms with Crippen molar-refractivity contribution in [3.63, 3.8) is 0 Å². The zero-order valence-electron chi connectivity index (χ0n) is 11.2. The fourth-order valence-corrected chi connectivity index (χ4v) is 2.81. The molecule has 0 aliphatic carbocycles. The van der Waals surface area contributed by atoms with Gasteiger partial charge in [-0.2, -0.15) is 0 Å². The minimum Gasteiger partial charge on any atom is -0.480 e. The van der Waals surface area contributed by atoms with Gasteiger partial charge in [0.05, 0.1) is 6.42 Å². The van der Waals surface area contributed by atoms with Crippen molar-refractivity contribution in [2.45, 2.75) is 38.1 Å². The summed E-state index contributed by atoms with van der Waals surface area (Å²) in [5, 5.41) is 9.28. The molecule has 0 aromatic heterocycles. The van der Waals surface area contributed by atoms with Crippen molar-refractivity contribution in [1.29, 1.82) is 0 Å². The highest BCUT2D eigenvalue weighted by Gasteiger charge is 2.30. The van der Waals surface area contributed by atoms with Crippen LogP contribution in [0, 0.1) is 0 Å². The zero-order valence-corrected chi connectivity index (χ0v) is 12.8. The van der Waals surface area contributed by atoms with Crippen molar-refractivity contribution in [3.05, 3.63) is 34.3 Å². The van der Waals surface area contributed by atoms with Crippen molar-refractivity contribution in [1.82, 2.24) is 4.90 Å². The summed E-state index contributed by atoms with van der Waals surface area (Å²) >= 11 is 3.35. The van der Waals surface area contributed by atoms with E-state index in [0.717, 1.165) is 29.3 Å². The van der Waals surface area contributed by atoms with Gasteiger partial charge in [-0.15, -0.1) is 0 Å². The van der Waals surface area contributed by atoms with Crippen LogP contribution in [0.3, 0.4) is 0 Å². The molecule has 1 unspecified atom stereocenters. The Labute approximate surface area is 126 Å². The van der Waals surface area contributed by atoms with E-state index in [1.165, 1.54) is 4.90 Å². The minimum atomic E-state index is -0.893. The first kappa shape index (κ1) is 15.0. The molecule has 2 rings (SSSR count). The molecule has 1 aromatic carbocycles. The van der Waals surface area contributed by atoms with Gasteiger partial charge in [0, 0.05) is 11.0 Å². The number of nitrogens with zero attached hydrogens (tertiary/aromatic N) is 1. The lowest BCUT2D eigenvalue weighted by Gasteiger charge is -2.27. The minimum absolute atomic E-state index is 0.0957. The predicted molar refractivity (Wildman–Crippen MR) is 79.5 cm³/mol. The highest BCUT2D eigenvalue weighted by atomic mass is 79.9.